The molecule has 0 bridgehead atoms. The van der Waals surface area contributed by atoms with Crippen molar-refractivity contribution in [2.45, 2.75) is 24.3 Å². The van der Waals surface area contributed by atoms with E-state index < -0.39 is 5.25 Å². The molecule has 0 fully saturated rings. The lowest BCUT2D eigenvalue weighted by molar-refractivity contribution is -0.115. The van der Waals surface area contributed by atoms with E-state index in [2.05, 4.69) is 20.8 Å². The second-order valence-corrected chi connectivity index (χ2v) is 7.58. The number of nitrogens with one attached hydrogen (secondary N) is 1. The first-order valence-corrected chi connectivity index (χ1v) is 9.71. The van der Waals surface area contributed by atoms with Gasteiger partial charge in [-0.3, -0.25) is 4.79 Å². The summed E-state index contributed by atoms with van der Waals surface area (Å²) in [4.78, 5) is 12.6. The van der Waals surface area contributed by atoms with Crippen LogP contribution in [0.25, 0.3) is 5.69 Å². The highest BCUT2D eigenvalue weighted by Gasteiger charge is 2.21. The number of carbonyl (C=O) groups excluding carboxylic acids is 1. The minimum Gasteiger partial charge on any atom is -0.486 e. The van der Waals surface area contributed by atoms with Crippen LogP contribution in [0.15, 0.2) is 47.6 Å². The standard InChI is InChI=1S/C19H19N5O3S/c1-12-5-3-4-6-15(12)24-19(21-22-23-24)28-13(2)18(25)20-14-7-8-16-17(11-14)27-10-9-26-16/h3-8,11,13H,9-10H2,1-2H3,(H,20,25)/t13-/m1/s1. The number of hydrogen-bond donors (Lipinski definition) is 1. The molecular formula is C19H19N5O3S. The molecule has 2 heterocycles. The first kappa shape index (κ1) is 18.3. The third-order valence-corrected chi connectivity index (χ3v) is 5.28. The summed E-state index contributed by atoms with van der Waals surface area (Å²) in [6, 6.07) is 13.2. The highest BCUT2D eigenvalue weighted by molar-refractivity contribution is 8.00. The molecule has 1 aromatic heterocycles. The molecule has 8 nitrogen and oxygen atoms in total. The number of amides is 1. The molecule has 0 saturated carbocycles. The highest BCUT2D eigenvalue weighted by atomic mass is 32.2. The molecule has 3 aromatic rings. The number of nitrogens with zero attached hydrogens (tertiary/aromatic N) is 4. The van der Waals surface area contributed by atoms with Gasteiger partial charge < -0.3 is 14.8 Å². The first-order valence-electron chi connectivity index (χ1n) is 8.83. The van der Waals surface area contributed by atoms with Gasteiger partial charge in [0.25, 0.3) is 0 Å². The van der Waals surface area contributed by atoms with Gasteiger partial charge in [0.15, 0.2) is 11.5 Å². The highest BCUT2D eigenvalue weighted by Crippen LogP contribution is 2.33. The van der Waals surface area contributed by atoms with Crippen molar-refractivity contribution in [2.24, 2.45) is 0 Å². The third-order valence-electron chi connectivity index (χ3n) is 4.25. The number of tetrazole rings is 1. The predicted octanol–water partition coefficient (Wildman–Crippen LogP) is 2.86. The molecule has 1 atom stereocenters. The fourth-order valence-electron chi connectivity index (χ4n) is 2.78. The van der Waals surface area contributed by atoms with E-state index in [9.17, 15) is 4.79 Å². The van der Waals surface area contributed by atoms with E-state index in [1.807, 2.05) is 38.1 Å². The topological polar surface area (TPSA) is 91.2 Å². The van der Waals surface area contributed by atoms with E-state index in [-0.39, 0.29) is 5.91 Å². The first-order chi connectivity index (χ1) is 13.6. The third kappa shape index (κ3) is 3.79. The number of ether oxygens (including phenoxy) is 2. The number of anilines is 1. The van der Waals surface area contributed by atoms with Crippen molar-refractivity contribution >= 4 is 23.4 Å². The van der Waals surface area contributed by atoms with Crippen LogP contribution in [0.4, 0.5) is 5.69 Å². The molecular weight excluding hydrogens is 378 g/mol. The number of hydrogen-bond acceptors (Lipinski definition) is 7. The summed E-state index contributed by atoms with van der Waals surface area (Å²) in [5.41, 5.74) is 2.58. The molecule has 1 amide bonds. The zero-order valence-electron chi connectivity index (χ0n) is 15.5. The Morgan fingerprint density at radius 3 is 2.79 bits per heavy atom. The van der Waals surface area contributed by atoms with Gasteiger partial charge in [0.1, 0.15) is 13.2 Å². The Morgan fingerprint density at radius 1 is 1.18 bits per heavy atom. The van der Waals surface area contributed by atoms with Crippen molar-refractivity contribution in [1.82, 2.24) is 20.2 Å². The molecule has 2 aromatic carbocycles. The van der Waals surface area contributed by atoms with Gasteiger partial charge in [-0.05, 0) is 48.0 Å². The number of fused-ring (bicyclic) bond motifs is 1. The van der Waals surface area contributed by atoms with Crippen molar-refractivity contribution in [1.29, 1.82) is 0 Å². The van der Waals surface area contributed by atoms with Crippen LogP contribution in [0, 0.1) is 6.92 Å². The average molecular weight is 397 g/mol. The van der Waals surface area contributed by atoms with Gasteiger partial charge in [-0.25, -0.2) is 0 Å². The monoisotopic (exact) mass is 397 g/mol. The Hall–Kier alpha value is -3.07. The maximum Gasteiger partial charge on any atom is 0.237 e. The van der Waals surface area contributed by atoms with Gasteiger partial charge in [0, 0.05) is 11.8 Å². The van der Waals surface area contributed by atoms with Crippen molar-refractivity contribution in [3.63, 3.8) is 0 Å². The van der Waals surface area contributed by atoms with Crippen LogP contribution in [-0.2, 0) is 4.79 Å². The number of thioether (sulfide) groups is 1. The Bertz CT molecular complexity index is 1010. The van der Waals surface area contributed by atoms with Crippen LogP contribution < -0.4 is 14.8 Å². The number of carbonyl (C=O) groups is 1. The predicted molar refractivity (Wildman–Crippen MR) is 105 cm³/mol. The smallest absolute Gasteiger partial charge is 0.237 e. The summed E-state index contributed by atoms with van der Waals surface area (Å²) < 4.78 is 12.7. The lowest BCUT2D eigenvalue weighted by Crippen LogP contribution is -2.23. The van der Waals surface area contributed by atoms with Crippen LogP contribution in [0.1, 0.15) is 12.5 Å². The minimum atomic E-state index is -0.401. The van der Waals surface area contributed by atoms with E-state index in [1.54, 1.807) is 22.9 Å². The molecule has 0 saturated heterocycles. The van der Waals surface area contributed by atoms with Gasteiger partial charge in [0.05, 0.1) is 10.9 Å². The number of para-hydroxylation sites is 1. The molecule has 0 aliphatic carbocycles. The Balaban J connectivity index is 1.46. The number of aromatic nitrogens is 4. The number of benzene rings is 2. The normalized spacial score (nSPS) is 13.8. The quantitative estimate of drug-likeness (QED) is 0.662. The molecule has 0 radical (unpaired) electrons. The molecule has 0 unspecified atom stereocenters. The van der Waals surface area contributed by atoms with E-state index in [0.717, 1.165) is 11.3 Å². The van der Waals surface area contributed by atoms with Crippen LogP contribution in [0.5, 0.6) is 11.5 Å². The van der Waals surface area contributed by atoms with E-state index in [0.29, 0.717) is 35.6 Å². The lowest BCUT2D eigenvalue weighted by atomic mass is 10.2. The SMILES string of the molecule is Cc1ccccc1-n1nnnc1S[C@H](C)C(=O)Nc1ccc2c(c1)OCCO2. The number of aryl methyl sites for hydroxylation is 1. The van der Waals surface area contributed by atoms with Crippen LogP contribution in [0.2, 0.25) is 0 Å². The lowest BCUT2D eigenvalue weighted by Gasteiger charge is -2.19. The Kier molecular flexibility index (Phi) is 5.16. The van der Waals surface area contributed by atoms with E-state index in [1.165, 1.54) is 11.8 Å². The fourth-order valence-corrected chi connectivity index (χ4v) is 3.58. The van der Waals surface area contributed by atoms with Crippen LogP contribution >= 0.6 is 11.8 Å². The molecule has 0 spiro atoms. The molecule has 1 aliphatic rings. The summed E-state index contributed by atoms with van der Waals surface area (Å²) in [6.07, 6.45) is 0. The maximum atomic E-state index is 12.6. The largest absolute Gasteiger partial charge is 0.486 e. The van der Waals surface area contributed by atoms with Gasteiger partial charge in [-0.15, -0.1) is 5.10 Å². The van der Waals surface area contributed by atoms with Gasteiger partial charge >= 0.3 is 0 Å². The van der Waals surface area contributed by atoms with E-state index in [4.69, 9.17) is 9.47 Å². The van der Waals surface area contributed by atoms with Gasteiger partial charge in [0.2, 0.25) is 11.1 Å². The van der Waals surface area contributed by atoms with Crippen molar-refractivity contribution in [3.8, 4) is 17.2 Å². The molecule has 9 heteroatoms. The van der Waals surface area contributed by atoms with Crippen molar-refractivity contribution < 1.29 is 14.3 Å². The summed E-state index contributed by atoms with van der Waals surface area (Å²) in [7, 11) is 0. The second-order valence-electron chi connectivity index (χ2n) is 6.27. The molecule has 4 rings (SSSR count). The van der Waals surface area contributed by atoms with Crippen LogP contribution in [0.3, 0.4) is 0 Å². The summed E-state index contributed by atoms with van der Waals surface area (Å²) >= 11 is 1.30. The summed E-state index contributed by atoms with van der Waals surface area (Å²) in [6.45, 7) is 4.83. The molecule has 1 aliphatic heterocycles. The summed E-state index contributed by atoms with van der Waals surface area (Å²) in [5.74, 6) is 1.16. The molecule has 28 heavy (non-hydrogen) atoms. The minimum absolute atomic E-state index is 0.152. The van der Waals surface area contributed by atoms with Gasteiger partial charge in [-0.1, -0.05) is 30.0 Å². The summed E-state index contributed by atoms with van der Waals surface area (Å²) in [5, 5.41) is 15.0. The molecule has 144 valence electrons. The zero-order chi connectivity index (χ0) is 19.5. The Morgan fingerprint density at radius 2 is 1.96 bits per heavy atom. The number of rotatable bonds is 5. The zero-order valence-corrected chi connectivity index (χ0v) is 16.3. The second kappa shape index (κ2) is 7.89. The van der Waals surface area contributed by atoms with Crippen molar-refractivity contribution in [3.05, 3.63) is 48.0 Å². The van der Waals surface area contributed by atoms with Gasteiger partial charge in [-0.2, -0.15) is 4.68 Å². The molecule has 1 N–H and O–H groups in total. The maximum absolute atomic E-state index is 12.6. The Labute approximate surface area is 166 Å². The fraction of sp³-hybridized carbons (Fsp3) is 0.263. The van der Waals surface area contributed by atoms with E-state index >= 15 is 0 Å². The van der Waals surface area contributed by atoms with Crippen LogP contribution in [-0.4, -0.2) is 44.6 Å². The average Bonchev–Trinajstić information content (AvgIpc) is 3.16. The van der Waals surface area contributed by atoms with Crippen molar-refractivity contribution in [2.75, 3.05) is 18.5 Å².